The second-order valence-electron chi connectivity index (χ2n) is 6.95. The molecule has 0 spiro atoms. The van der Waals surface area contributed by atoms with Crippen LogP contribution in [0.15, 0.2) is 24.3 Å². The second-order valence-corrected chi connectivity index (χ2v) is 8.11. The van der Waals surface area contributed by atoms with Crippen molar-refractivity contribution in [3.8, 4) is 0 Å². The van der Waals surface area contributed by atoms with Crippen molar-refractivity contribution < 1.29 is 0 Å². The molecule has 0 saturated heterocycles. The minimum Gasteiger partial charge on any atom is -0.131 e. The van der Waals surface area contributed by atoms with Crippen molar-refractivity contribution in [2.45, 2.75) is 96.8 Å². The number of hydrogen-bond acceptors (Lipinski definition) is 1. The molecule has 0 fully saturated rings. The summed E-state index contributed by atoms with van der Waals surface area (Å²) in [5, 5.41) is 0. The zero-order valence-corrected chi connectivity index (χ0v) is 17.3. The van der Waals surface area contributed by atoms with Crippen LogP contribution in [0.2, 0.25) is 0 Å². The quantitative estimate of drug-likeness (QED) is 0.187. The van der Waals surface area contributed by atoms with Gasteiger partial charge in [-0.2, -0.15) is 0 Å². The Bertz CT molecular complexity index is 439. The summed E-state index contributed by atoms with van der Waals surface area (Å²) in [7, 11) is 0. The van der Waals surface area contributed by atoms with Crippen molar-refractivity contribution in [1.29, 1.82) is 0 Å². The summed E-state index contributed by atoms with van der Waals surface area (Å²) in [6.45, 7) is 2.29. The first kappa shape index (κ1) is 21.7. The average molecular weight is 365 g/mol. The molecule has 0 unspecified atom stereocenters. The van der Waals surface area contributed by atoms with Gasteiger partial charge in [0.2, 0.25) is 0 Å². The van der Waals surface area contributed by atoms with Crippen molar-refractivity contribution in [2.75, 3.05) is 0 Å². The molecule has 0 amide bonds. The topological polar surface area (TPSA) is 0 Å². The molecule has 0 aromatic heterocycles. The van der Waals surface area contributed by atoms with Crippen LogP contribution in [-0.4, -0.2) is 4.20 Å². The lowest BCUT2D eigenvalue weighted by Gasteiger charge is -2.07. The Hall–Kier alpha value is -0.340. The van der Waals surface area contributed by atoms with Crippen molar-refractivity contribution >= 4 is 29.0 Å². The predicted molar refractivity (Wildman–Crippen MR) is 117 cm³/mol. The Morgan fingerprint density at radius 1 is 0.750 bits per heavy atom. The zero-order chi connectivity index (χ0) is 17.5. The van der Waals surface area contributed by atoms with Gasteiger partial charge in [-0.05, 0) is 18.4 Å². The predicted octanol–water partition coefficient (Wildman–Crippen LogP) is 7.93. The first-order valence-corrected chi connectivity index (χ1v) is 10.9. The summed E-state index contributed by atoms with van der Waals surface area (Å²) in [6, 6.07) is 8.43. The number of hydrogen-bond donors (Lipinski definition) is 1. The lowest BCUT2D eigenvalue weighted by atomic mass is 10.0. The van der Waals surface area contributed by atoms with Crippen LogP contribution < -0.4 is 0 Å². The van der Waals surface area contributed by atoms with E-state index in [0.717, 1.165) is 16.2 Å². The highest BCUT2D eigenvalue weighted by Gasteiger charge is 2.03. The lowest BCUT2D eigenvalue weighted by Crippen LogP contribution is -1.96. The summed E-state index contributed by atoms with van der Waals surface area (Å²) >= 11 is 9.55. The van der Waals surface area contributed by atoms with E-state index in [-0.39, 0.29) is 0 Å². The van der Waals surface area contributed by atoms with E-state index in [9.17, 15) is 0 Å². The van der Waals surface area contributed by atoms with Crippen LogP contribution in [0.25, 0.3) is 0 Å². The molecule has 0 saturated carbocycles. The van der Waals surface area contributed by atoms with Gasteiger partial charge in [0.25, 0.3) is 0 Å². The van der Waals surface area contributed by atoms with Gasteiger partial charge < -0.3 is 0 Å². The Labute approximate surface area is 161 Å². The van der Waals surface area contributed by atoms with Gasteiger partial charge in [0, 0.05) is 5.56 Å². The minimum atomic E-state index is 0.722. The van der Waals surface area contributed by atoms with Crippen LogP contribution in [-0.2, 0) is 6.42 Å². The average Bonchev–Trinajstić information content (AvgIpc) is 2.59. The highest BCUT2D eigenvalue weighted by Crippen LogP contribution is 2.17. The molecule has 2 heteroatoms. The molecule has 0 bridgehead atoms. The van der Waals surface area contributed by atoms with Gasteiger partial charge in [0.15, 0.2) is 0 Å². The Morgan fingerprint density at radius 3 is 1.71 bits per heavy atom. The van der Waals surface area contributed by atoms with E-state index in [0.29, 0.717) is 0 Å². The van der Waals surface area contributed by atoms with Crippen molar-refractivity contribution in [3.63, 3.8) is 0 Å². The normalized spacial score (nSPS) is 10.9. The number of unbranched alkanes of at least 4 members (excludes halogenated alkanes) is 12. The molecule has 136 valence electrons. The second kappa shape index (κ2) is 15.0. The first-order valence-electron chi connectivity index (χ1n) is 10.1. The Kier molecular flexibility index (Phi) is 13.5. The standard InChI is InChI=1S/C22H36S2/c1-2-3-4-5-6-7-8-9-10-11-12-13-14-17-20-18-15-16-19-21(20)22(23)24/h15-16,18-19H,2-14,17H2,1H3,(H,23,24). The molecule has 1 aromatic rings. The first-order chi connectivity index (χ1) is 11.8. The van der Waals surface area contributed by atoms with Crippen LogP contribution in [0.5, 0.6) is 0 Å². The third kappa shape index (κ3) is 10.5. The van der Waals surface area contributed by atoms with Gasteiger partial charge in [0.1, 0.15) is 0 Å². The van der Waals surface area contributed by atoms with Gasteiger partial charge in [-0.1, -0.05) is 120 Å². The molecule has 24 heavy (non-hydrogen) atoms. The van der Waals surface area contributed by atoms with Crippen LogP contribution in [0.1, 0.15) is 102 Å². The van der Waals surface area contributed by atoms with Crippen molar-refractivity contribution in [2.24, 2.45) is 0 Å². The number of thiocarbonyl (C=S) groups is 1. The maximum atomic E-state index is 5.21. The molecule has 0 N–H and O–H groups in total. The summed E-state index contributed by atoms with van der Waals surface area (Å²) in [4.78, 5) is 0. The van der Waals surface area contributed by atoms with Crippen LogP contribution in [0.4, 0.5) is 0 Å². The Balaban J connectivity index is 1.93. The lowest BCUT2D eigenvalue weighted by molar-refractivity contribution is 0.539. The van der Waals surface area contributed by atoms with E-state index in [4.69, 9.17) is 12.2 Å². The highest BCUT2D eigenvalue weighted by atomic mass is 32.1. The van der Waals surface area contributed by atoms with E-state index in [1.54, 1.807) is 0 Å². The molecular weight excluding hydrogens is 328 g/mol. The highest BCUT2D eigenvalue weighted by molar-refractivity contribution is 8.11. The van der Waals surface area contributed by atoms with Gasteiger partial charge in [-0.15, -0.1) is 12.6 Å². The molecule has 0 aliphatic carbocycles. The van der Waals surface area contributed by atoms with Gasteiger partial charge in [0.05, 0.1) is 4.20 Å². The molecule has 0 heterocycles. The van der Waals surface area contributed by atoms with E-state index >= 15 is 0 Å². The minimum absolute atomic E-state index is 0.722. The molecule has 1 rings (SSSR count). The smallest absolute Gasteiger partial charge is 0.0750 e. The maximum absolute atomic E-state index is 5.21. The summed E-state index contributed by atoms with van der Waals surface area (Å²) in [6.07, 6.45) is 19.4. The molecule has 0 aliphatic heterocycles. The monoisotopic (exact) mass is 364 g/mol. The largest absolute Gasteiger partial charge is 0.131 e. The number of thiol groups is 1. The molecular formula is C22H36S2. The summed E-state index contributed by atoms with van der Waals surface area (Å²) in [5.41, 5.74) is 2.51. The van der Waals surface area contributed by atoms with Crippen LogP contribution in [0, 0.1) is 0 Å². The number of rotatable bonds is 15. The van der Waals surface area contributed by atoms with Crippen molar-refractivity contribution in [3.05, 3.63) is 35.4 Å². The van der Waals surface area contributed by atoms with Crippen molar-refractivity contribution in [1.82, 2.24) is 0 Å². The summed E-state index contributed by atoms with van der Waals surface area (Å²) in [5.74, 6) is 0. The number of aryl methyl sites for hydroxylation is 1. The van der Waals surface area contributed by atoms with Crippen LogP contribution in [0.3, 0.4) is 0 Å². The molecule has 0 aliphatic rings. The fourth-order valence-corrected chi connectivity index (χ4v) is 3.70. The fraction of sp³-hybridized carbons (Fsp3) is 0.682. The third-order valence-electron chi connectivity index (χ3n) is 4.80. The molecule has 0 atom stereocenters. The molecule has 0 radical (unpaired) electrons. The van der Waals surface area contributed by atoms with Gasteiger partial charge in [-0.3, -0.25) is 0 Å². The summed E-state index contributed by atoms with van der Waals surface area (Å²) < 4.78 is 0.722. The SMILES string of the molecule is CCCCCCCCCCCCCCCc1ccccc1C(=S)S. The van der Waals surface area contributed by atoms with E-state index in [1.165, 1.54) is 89.0 Å². The van der Waals surface area contributed by atoms with E-state index < -0.39 is 0 Å². The zero-order valence-electron chi connectivity index (χ0n) is 15.6. The van der Waals surface area contributed by atoms with E-state index in [2.05, 4.69) is 37.8 Å². The van der Waals surface area contributed by atoms with Crippen LogP contribution >= 0.6 is 24.8 Å². The molecule has 1 aromatic carbocycles. The van der Waals surface area contributed by atoms with Gasteiger partial charge in [-0.25, -0.2) is 0 Å². The molecule has 0 nitrogen and oxygen atoms in total. The Morgan fingerprint density at radius 2 is 1.21 bits per heavy atom. The fourth-order valence-electron chi connectivity index (χ4n) is 3.28. The van der Waals surface area contributed by atoms with Gasteiger partial charge >= 0.3 is 0 Å². The third-order valence-corrected chi connectivity index (χ3v) is 5.26. The maximum Gasteiger partial charge on any atom is 0.0750 e. The van der Waals surface area contributed by atoms with E-state index in [1.807, 2.05) is 6.07 Å². The number of benzene rings is 1.